The lowest BCUT2D eigenvalue weighted by molar-refractivity contribution is -0.116. The summed E-state index contributed by atoms with van der Waals surface area (Å²) in [6.45, 7) is 10.2. The van der Waals surface area contributed by atoms with E-state index in [0.717, 1.165) is 34.9 Å². The first kappa shape index (κ1) is 90.3. The molecule has 0 fully saturated rings. The van der Waals surface area contributed by atoms with Gasteiger partial charge in [-0.2, -0.15) is 15.3 Å². The molecule has 3 atom stereocenters. The Morgan fingerprint density at radius 1 is 0.336 bits per heavy atom. The summed E-state index contributed by atoms with van der Waals surface area (Å²) < 4.78 is 82.9. The third-order valence-electron chi connectivity index (χ3n) is 17.9. The molecule has 0 aliphatic heterocycles. The van der Waals surface area contributed by atoms with E-state index >= 15 is 0 Å². The number of sulfone groups is 3. The van der Waals surface area contributed by atoms with E-state index in [2.05, 4.69) is 47.2 Å². The molecule has 6 amide bonds. The second-order valence-corrected chi connectivity index (χ2v) is 36.0. The zero-order valence-corrected chi connectivity index (χ0v) is 71.7. The highest BCUT2D eigenvalue weighted by Crippen LogP contribution is 2.39. The highest BCUT2D eigenvalue weighted by Gasteiger charge is 2.36. The number of aryl methyl sites for hydroxylation is 3. The van der Waals surface area contributed by atoms with Crippen LogP contribution in [0.25, 0.3) is 17.1 Å². The van der Waals surface area contributed by atoms with Crippen LogP contribution in [-0.2, 0) is 43.9 Å². The van der Waals surface area contributed by atoms with Gasteiger partial charge in [-0.3, -0.25) is 28.8 Å². The summed E-state index contributed by atoms with van der Waals surface area (Å²) in [5, 5.41) is 56.8. The molecular weight excluding hydrogens is 1760 g/mol. The zero-order chi connectivity index (χ0) is 86.7. The second-order valence-electron chi connectivity index (χ2n) is 26.3. The number of rotatable bonds is 24. The average Bonchev–Trinajstić information content (AvgIpc) is 1.72. The van der Waals surface area contributed by atoms with Crippen LogP contribution in [0.15, 0.2) is 222 Å². The smallest absolute Gasteiger partial charge is 0.258 e. The van der Waals surface area contributed by atoms with E-state index in [4.69, 9.17) is 92.8 Å². The van der Waals surface area contributed by atoms with Crippen molar-refractivity contribution in [2.75, 3.05) is 31.9 Å². The topological polar surface area (TPSA) is 391 Å². The molecule has 0 spiro atoms. The van der Waals surface area contributed by atoms with Crippen molar-refractivity contribution in [1.82, 2.24) is 29.3 Å². The molecule has 3 heterocycles. The summed E-state index contributed by atoms with van der Waals surface area (Å²) in [5.74, 6) is -5.36. The fourth-order valence-corrected chi connectivity index (χ4v) is 17.8. The fourth-order valence-electron chi connectivity index (χ4n) is 11.5. The molecule has 618 valence electrons. The van der Waals surface area contributed by atoms with Crippen molar-refractivity contribution in [3.8, 4) is 34.3 Å². The SMILES string of the molecule is CCC(C(=O)Nc1cc(O)c(NC(=O)c2cnn(-c3ccc(Cl)c(Cl)c3)c2)cc1Cl)S(=O)(=O)c1ccc(C)cc1.CCC(C(=O)Nc1cc(O)c(NC(=O)c2cnn(-c3ccc(Cl)c(Cl)c3)c2)cc1Cl)S(=O)(=O)c1cccc(C)c1.CCC(C(=O)Nc1cc(O)c(NC(=O)c2cnn(-c3ccc(Cl)cc3)c2)cc1Cl)S(=O)(=O)c1ccc(C)cc1. The largest absolute Gasteiger partial charge is 0.506 e. The summed E-state index contributed by atoms with van der Waals surface area (Å²) in [7, 11) is -11.9. The Labute approximate surface area is 722 Å². The van der Waals surface area contributed by atoms with Gasteiger partial charge in [0.05, 0.1) is 136 Å². The molecule has 3 aromatic heterocycles. The minimum atomic E-state index is -3.99. The number of hydrogen-bond donors (Lipinski definition) is 9. The Hall–Kier alpha value is -11.0. The number of nitrogens with zero attached hydrogens (tertiary/aromatic N) is 6. The molecule has 0 aliphatic rings. The van der Waals surface area contributed by atoms with E-state index in [1.54, 1.807) is 125 Å². The molecule has 12 aromatic rings. The van der Waals surface area contributed by atoms with E-state index in [1.165, 1.54) is 106 Å². The minimum absolute atomic E-state index is 0.00900. The molecule has 27 nitrogen and oxygen atoms in total. The first-order valence-electron chi connectivity index (χ1n) is 35.5. The second kappa shape index (κ2) is 38.8. The van der Waals surface area contributed by atoms with Gasteiger partial charge < -0.3 is 47.2 Å². The van der Waals surface area contributed by atoms with Gasteiger partial charge in [-0.05, 0) is 161 Å². The molecule has 9 aromatic carbocycles. The number of phenolic OH excluding ortho intramolecular Hbond substituents is 3. The van der Waals surface area contributed by atoms with Gasteiger partial charge in [0, 0.05) is 41.8 Å². The highest BCUT2D eigenvalue weighted by molar-refractivity contribution is 7.93. The molecule has 12 rings (SSSR count). The van der Waals surface area contributed by atoms with Crippen molar-refractivity contribution in [3.63, 3.8) is 0 Å². The summed E-state index contributed by atoms with van der Waals surface area (Å²) in [6, 6.07) is 42.4. The highest BCUT2D eigenvalue weighted by atomic mass is 35.5. The number of hydrogen-bond acceptors (Lipinski definition) is 18. The summed E-state index contributed by atoms with van der Waals surface area (Å²) >= 11 is 48.8. The van der Waals surface area contributed by atoms with Gasteiger partial charge in [-0.1, -0.05) is 161 Å². The molecule has 3 unspecified atom stereocenters. The molecule has 9 N–H and O–H groups in total. The van der Waals surface area contributed by atoms with Crippen LogP contribution in [0.5, 0.6) is 17.2 Å². The molecule has 0 radical (unpaired) electrons. The third kappa shape index (κ3) is 21.9. The molecule has 0 saturated heterocycles. The van der Waals surface area contributed by atoms with Crippen LogP contribution in [0.3, 0.4) is 0 Å². The predicted molar refractivity (Wildman–Crippen MR) is 462 cm³/mol. The first-order chi connectivity index (χ1) is 56.3. The van der Waals surface area contributed by atoms with Gasteiger partial charge >= 0.3 is 0 Å². The van der Waals surface area contributed by atoms with E-state index < -0.39 is 92.2 Å². The van der Waals surface area contributed by atoms with Gasteiger partial charge in [-0.25, -0.2) is 39.3 Å². The van der Waals surface area contributed by atoms with E-state index in [9.17, 15) is 69.3 Å². The van der Waals surface area contributed by atoms with Gasteiger partial charge in [0.2, 0.25) is 17.7 Å². The third-order valence-corrected chi connectivity index (χ3v) is 27.2. The van der Waals surface area contributed by atoms with Crippen molar-refractivity contribution in [2.24, 2.45) is 0 Å². The van der Waals surface area contributed by atoms with Crippen LogP contribution in [0, 0.1) is 20.8 Å². The Morgan fingerprint density at radius 3 is 0.958 bits per heavy atom. The first-order valence-corrected chi connectivity index (χ1v) is 43.1. The van der Waals surface area contributed by atoms with Crippen molar-refractivity contribution in [3.05, 3.63) is 281 Å². The molecular formula is C81H70Cl8N12O15S3. The Balaban J connectivity index is 0.000000188. The average molecular weight is 1830 g/mol. The summed E-state index contributed by atoms with van der Waals surface area (Å²) in [4.78, 5) is 77.4. The van der Waals surface area contributed by atoms with Gasteiger partial charge in [0.25, 0.3) is 17.7 Å². The lowest BCUT2D eigenvalue weighted by atomic mass is 10.2. The van der Waals surface area contributed by atoms with Crippen LogP contribution < -0.4 is 31.9 Å². The Kier molecular flexibility index (Phi) is 29.5. The Bertz CT molecular complexity index is 6260. The Morgan fingerprint density at radius 2 is 0.647 bits per heavy atom. The van der Waals surface area contributed by atoms with Crippen molar-refractivity contribution in [1.29, 1.82) is 0 Å². The number of amides is 6. The number of carbonyl (C=O) groups is 6. The fraction of sp³-hybridized carbons (Fsp3) is 0.148. The maximum Gasteiger partial charge on any atom is 0.258 e. The lowest BCUT2D eigenvalue weighted by Gasteiger charge is -2.18. The monoisotopic (exact) mass is 1830 g/mol. The van der Waals surface area contributed by atoms with Crippen molar-refractivity contribution >= 4 is 192 Å². The van der Waals surface area contributed by atoms with Crippen molar-refractivity contribution in [2.45, 2.75) is 91.2 Å². The van der Waals surface area contributed by atoms with Crippen LogP contribution in [-0.4, -0.2) is 121 Å². The minimum Gasteiger partial charge on any atom is -0.506 e. The van der Waals surface area contributed by atoms with Crippen LogP contribution >= 0.6 is 92.8 Å². The van der Waals surface area contributed by atoms with E-state index in [0.29, 0.717) is 42.2 Å². The number of aromatic hydroxyl groups is 3. The number of aromatic nitrogens is 6. The van der Waals surface area contributed by atoms with Crippen LogP contribution in [0.4, 0.5) is 34.1 Å². The van der Waals surface area contributed by atoms with Crippen molar-refractivity contribution < 1.29 is 69.3 Å². The van der Waals surface area contributed by atoms with Crippen LogP contribution in [0.2, 0.25) is 40.2 Å². The zero-order valence-electron chi connectivity index (χ0n) is 63.2. The normalized spacial score (nSPS) is 12.1. The van der Waals surface area contributed by atoms with Gasteiger partial charge in [0.15, 0.2) is 29.5 Å². The maximum absolute atomic E-state index is 13.1. The quantitative estimate of drug-likeness (QED) is 0.0254. The number of benzene rings is 9. The molecule has 0 aliphatic carbocycles. The van der Waals surface area contributed by atoms with Gasteiger partial charge in [0.1, 0.15) is 33.0 Å². The van der Waals surface area contributed by atoms with Gasteiger partial charge in [-0.15, -0.1) is 0 Å². The number of anilines is 6. The standard InChI is InChI=1S/2C27H23Cl3N4O5S.C27H24Cl2N4O5S/c1-3-25(40(38,39)18-7-4-15(2)5-8-18)27(37)32-22-12-24(35)23(11-21(22)30)33-26(36)16-13-31-34(14-16)17-6-9-19(28)20(29)10-17;1-3-25(40(38,39)18-6-4-5-15(2)9-18)27(37)32-22-12-24(35)23(11-21(22)30)33-26(36)16-13-31-34(14-16)17-7-8-19(28)20(29)10-17;1-3-25(39(37,38)20-10-4-16(2)5-11-20)27(36)31-22-13-24(34)23(12-21(22)29)32-26(35)17-14-30-33(15-17)19-8-6-18(28)7-9-19/h2*4-14,25,35H,3H2,1-2H3,(H,32,37)(H,33,36);4-15,25,34H,3H2,1-2H3,(H,31,36)(H,32,35). The lowest BCUT2D eigenvalue weighted by Crippen LogP contribution is -2.34. The summed E-state index contributed by atoms with van der Waals surface area (Å²) in [5.41, 5.74) is 4.78. The molecule has 0 bridgehead atoms. The number of carbonyl (C=O) groups excluding carboxylic acids is 6. The van der Waals surface area contributed by atoms with E-state index in [1.807, 2.05) is 13.8 Å². The van der Waals surface area contributed by atoms with Crippen LogP contribution in [0.1, 0.15) is 87.8 Å². The molecule has 38 heteroatoms. The van der Waals surface area contributed by atoms with E-state index in [-0.39, 0.29) is 106 Å². The maximum atomic E-state index is 13.1. The molecule has 0 saturated carbocycles. The summed E-state index contributed by atoms with van der Waals surface area (Å²) in [6.07, 6.45) is 8.47. The molecule has 119 heavy (non-hydrogen) atoms. The number of nitrogens with one attached hydrogen (secondary N) is 6. The number of phenols is 3. The number of halogens is 8. The predicted octanol–water partition coefficient (Wildman–Crippen LogP) is 18.2.